The maximum absolute atomic E-state index is 6.05. The summed E-state index contributed by atoms with van der Waals surface area (Å²) < 4.78 is 4.65. The van der Waals surface area contributed by atoms with Gasteiger partial charge in [-0.1, -0.05) is 0 Å². The summed E-state index contributed by atoms with van der Waals surface area (Å²) in [5.41, 5.74) is 2.72. The van der Waals surface area contributed by atoms with E-state index >= 15 is 0 Å². The van der Waals surface area contributed by atoms with Gasteiger partial charge in [-0.3, -0.25) is 0 Å². The number of benzene rings is 1. The second-order valence-electron chi connectivity index (χ2n) is 10.1. The smallest absolute Gasteiger partial charge is 0.0428 e. The van der Waals surface area contributed by atoms with Crippen LogP contribution < -0.4 is 9.62 Å². The van der Waals surface area contributed by atoms with Gasteiger partial charge in [0.05, 0.1) is 0 Å². The molecule has 0 bridgehead atoms. The Morgan fingerprint density at radius 2 is 1.34 bits per heavy atom. The van der Waals surface area contributed by atoms with Gasteiger partial charge in [-0.15, -0.1) is 0 Å². The van der Waals surface area contributed by atoms with Crippen molar-refractivity contribution in [2.45, 2.75) is 52.2 Å². The number of hydrogen-bond donors (Lipinski definition) is 0. The predicted octanol–water partition coefficient (Wildman–Crippen LogP) is 4.41. The van der Waals surface area contributed by atoms with E-state index in [1.807, 2.05) is 0 Å². The summed E-state index contributed by atoms with van der Waals surface area (Å²) in [5.74, 6) is 0. The second-order valence-corrected chi connectivity index (χ2v) is 15.0. The van der Waals surface area contributed by atoms with Crippen LogP contribution in [-0.2, 0) is 15.6 Å². The summed E-state index contributed by atoms with van der Waals surface area (Å²) in [6, 6.07) is 9.11. The molecule has 0 unspecified atom stereocenters. The Kier molecular flexibility index (Phi) is 10.5. The Morgan fingerprint density at radius 3 is 1.66 bits per heavy atom. The maximum Gasteiger partial charge on any atom is 0.0428 e. The number of fused-ring (bicyclic) bond motifs is 1. The van der Waals surface area contributed by atoms with Crippen molar-refractivity contribution in [3.8, 4) is 0 Å². The molecule has 0 N–H and O–H groups in total. The summed E-state index contributed by atoms with van der Waals surface area (Å²) >= 11 is -2.29. The van der Waals surface area contributed by atoms with E-state index in [4.69, 9.17) is 18.6 Å². The van der Waals surface area contributed by atoms with Gasteiger partial charge in [0, 0.05) is 31.7 Å². The molecule has 0 aromatic heterocycles. The van der Waals surface area contributed by atoms with Crippen LogP contribution in [0.25, 0.3) is 0 Å². The topological polar surface area (TPSA) is 28.6 Å². The second kappa shape index (κ2) is 12.0. The molecule has 10 heteroatoms. The molecule has 0 atom stereocenters. The summed E-state index contributed by atoms with van der Waals surface area (Å²) in [6.45, 7) is 15.7. The third-order valence-electron chi connectivity index (χ3n) is 6.43. The van der Waals surface area contributed by atoms with Crippen molar-refractivity contribution in [1.29, 1.82) is 0 Å². The van der Waals surface area contributed by atoms with Gasteiger partial charge in [0.1, 0.15) is 0 Å². The minimum Gasteiger partial charge on any atom is -0.303 e. The summed E-state index contributed by atoms with van der Waals surface area (Å²) in [4.78, 5) is 11.8. The molecule has 0 amide bonds. The van der Waals surface area contributed by atoms with E-state index in [1.165, 1.54) is 24.5 Å². The minimum absolute atomic E-state index is 0.0672. The van der Waals surface area contributed by atoms with Crippen LogP contribution in [0, 0.1) is 0 Å². The Hall–Kier alpha value is -0.141. The predicted molar refractivity (Wildman–Crippen MR) is 139 cm³/mol. The average molecular weight is 519 g/mol. The minimum atomic E-state index is -2.29. The Bertz CT molecular complexity index is 728. The van der Waals surface area contributed by atoms with Gasteiger partial charge in [-0.05, 0) is 35.1 Å². The zero-order valence-electron chi connectivity index (χ0n) is 21.3. The Labute approximate surface area is 210 Å². The molecular formula is C22H41BCl2N6Ti. The third-order valence-corrected chi connectivity index (χ3v) is 7.90. The van der Waals surface area contributed by atoms with Crippen LogP contribution in [0.4, 0.5) is 11.4 Å². The van der Waals surface area contributed by atoms with Crippen LogP contribution in [0.1, 0.15) is 34.6 Å². The standard InChI is InChI=1S/C12H18BN3.C10H23N3.2ClH.Ti/c1-9(2)15-11-7-5-6-8-12(11)16(10(3)4)13(15)14;1-10(11(2)3)8-12(4)6-7-13(5)9-10;;;/h5-10H,1-4H3;6-9H2,1-5H3;2*1H;/q;;;;+2/p-2. The Balaban J connectivity index is 0.000000244. The number of likely N-dealkylation sites (N-methyl/N-ethyl adjacent to an activating group) is 3. The molecule has 32 heavy (non-hydrogen) atoms. The first-order valence-electron chi connectivity index (χ1n) is 11.5. The molecule has 0 radical (unpaired) electrons. The molecule has 180 valence electrons. The fourth-order valence-corrected chi connectivity index (χ4v) is 5.96. The monoisotopic (exact) mass is 518 g/mol. The maximum atomic E-state index is 6.05. The number of halogens is 2. The van der Waals surface area contributed by atoms with Crippen molar-refractivity contribution in [3.63, 3.8) is 0 Å². The number of anilines is 2. The van der Waals surface area contributed by atoms with Crippen molar-refractivity contribution in [2.75, 3.05) is 64.0 Å². The number of nitrogens with zero attached hydrogens (tertiary/aromatic N) is 6. The molecule has 0 spiro atoms. The SMILES string of the molecule is CC(C)N1B([N]=[Ti]([Cl])[Cl])N(C(C)C)c2ccccc21.CN1CCN(C)CC(C)(N(C)C)C1. The van der Waals surface area contributed by atoms with E-state index < -0.39 is 15.6 Å². The fraction of sp³-hybridized carbons (Fsp3) is 0.727. The van der Waals surface area contributed by atoms with Gasteiger partial charge in [-0.25, -0.2) is 0 Å². The van der Waals surface area contributed by atoms with Gasteiger partial charge < -0.3 is 14.7 Å². The van der Waals surface area contributed by atoms with Crippen molar-refractivity contribution < 1.29 is 15.6 Å². The zero-order chi connectivity index (χ0) is 24.2. The first kappa shape index (κ1) is 28.1. The van der Waals surface area contributed by atoms with Crippen LogP contribution in [0.15, 0.2) is 27.6 Å². The molecule has 1 aromatic rings. The fourth-order valence-electron chi connectivity index (χ4n) is 4.58. The van der Waals surface area contributed by atoms with Crippen LogP contribution in [0.3, 0.4) is 0 Å². The van der Waals surface area contributed by atoms with Crippen LogP contribution in [0.5, 0.6) is 0 Å². The number of rotatable bonds is 4. The number of para-hydroxylation sites is 2. The van der Waals surface area contributed by atoms with E-state index in [1.54, 1.807) is 0 Å². The van der Waals surface area contributed by atoms with E-state index in [0.717, 1.165) is 13.1 Å². The largest absolute Gasteiger partial charge is 0.303 e. The summed E-state index contributed by atoms with van der Waals surface area (Å²) in [7, 11) is 20.8. The molecule has 2 heterocycles. The molecule has 1 fully saturated rings. The van der Waals surface area contributed by atoms with E-state index in [2.05, 4.69) is 115 Å². The van der Waals surface area contributed by atoms with Gasteiger partial charge in [-0.2, -0.15) is 0 Å². The van der Waals surface area contributed by atoms with Crippen molar-refractivity contribution in [2.24, 2.45) is 3.33 Å². The van der Waals surface area contributed by atoms with E-state index in [-0.39, 0.29) is 7.12 Å². The molecule has 2 aliphatic heterocycles. The first-order chi connectivity index (χ1) is 14.9. The van der Waals surface area contributed by atoms with Crippen LogP contribution in [0.2, 0.25) is 0 Å². The van der Waals surface area contributed by atoms with Gasteiger partial charge >= 0.3 is 130 Å². The Morgan fingerprint density at radius 1 is 0.938 bits per heavy atom. The van der Waals surface area contributed by atoms with Gasteiger partial charge in [0.15, 0.2) is 0 Å². The summed E-state index contributed by atoms with van der Waals surface area (Å²) in [5, 5.41) is 0. The molecule has 2 aliphatic rings. The van der Waals surface area contributed by atoms with Crippen LogP contribution in [-0.4, -0.2) is 93.8 Å². The molecule has 6 nitrogen and oxygen atoms in total. The quantitative estimate of drug-likeness (QED) is 0.551. The van der Waals surface area contributed by atoms with Gasteiger partial charge in [0.2, 0.25) is 0 Å². The molecule has 3 rings (SSSR count). The third kappa shape index (κ3) is 6.94. The average Bonchev–Trinajstić information content (AvgIpc) is 2.92. The molecule has 1 saturated heterocycles. The molecule has 0 saturated carbocycles. The van der Waals surface area contributed by atoms with Gasteiger partial charge in [0.25, 0.3) is 0 Å². The van der Waals surface area contributed by atoms with Crippen LogP contribution >= 0.6 is 18.6 Å². The first-order valence-corrected chi connectivity index (χ1v) is 16.5. The van der Waals surface area contributed by atoms with Crippen molar-refractivity contribution in [1.82, 2.24) is 14.7 Å². The molecule has 0 aliphatic carbocycles. The normalized spacial score (nSPS) is 19.2. The van der Waals surface area contributed by atoms with E-state index in [0.29, 0.717) is 17.6 Å². The number of hydrogen-bond acceptors (Lipinski definition) is 6. The molecule has 1 aromatic carbocycles. The van der Waals surface area contributed by atoms with E-state index in [9.17, 15) is 0 Å². The van der Waals surface area contributed by atoms with Crippen molar-refractivity contribution in [3.05, 3.63) is 24.3 Å². The van der Waals surface area contributed by atoms with Crippen molar-refractivity contribution >= 4 is 37.1 Å². The summed E-state index contributed by atoms with van der Waals surface area (Å²) in [6.07, 6.45) is 0. The molecular weight excluding hydrogens is 478 g/mol. The zero-order valence-corrected chi connectivity index (χ0v) is 24.4.